The van der Waals surface area contributed by atoms with Gasteiger partial charge in [0.15, 0.2) is 0 Å². The maximum Gasteiger partial charge on any atom is 0.322 e. The van der Waals surface area contributed by atoms with Crippen LogP contribution in [0.25, 0.3) is 0 Å². The van der Waals surface area contributed by atoms with Gasteiger partial charge in [-0.3, -0.25) is 9.69 Å². The number of rotatable bonds is 5. The first kappa shape index (κ1) is 18.0. The lowest BCUT2D eigenvalue weighted by atomic mass is 9.95. The second-order valence-corrected chi connectivity index (χ2v) is 6.84. The van der Waals surface area contributed by atoms with Crippen LogP contribution in [-0.2, 0) is 11.3 Å². The van der Waals surface area contributed by atoms with Gasteiger partial charge >= 0.3 is 6.03 Å². The summed E-state index contributed by atoms with van der Waals surface area (Å²) in [6.45, 7) is 4.72. The summed E-state index contributed by atoms with van der Waals surface area (Å²) in [5.74, 6) is -0.438. The molecule has 1 N–H and O–H groups in total. The Labute approximate surface area is 162 Å². The highest BCUT2D eigenvalue weighted by Gasteiger charge is 2.43. The molecule has 2 aliphatic rings. The van der Waals surface area contributed by atoms with Crippen LogP contribution in [0.3, 0.4) is 0 Å². The van der Waals surface area contributed by atoms with Crippen molar-refractivity contribution >= 4 is 11.9 Å². The van der Waals surface area contributed by atoms with Crippen molar-refractivity contribution in [2.75, 3.05) is 13.1 Å². The maximum atomic E-state index is 13.2. The lowest BCUT2D eigenvalue weighted by Gasteiger charge is -2.33. The Balaban J connectivity index is 1.68. The van der Waals surface area contributed by atoms with Crippen LogP contribution in [0.1, 0.15) is 17.2 Å². The minimum absolute atomic E-state index is 0.123. The second kappa shape index (κ2) is 7.31. The molecule has 0 saturated carbocycles. The van der Waals surface area contributed by atoms with Gasteiger partial charge in [-0.2, -0.15) is 0 Å². The average Bonchev–Trinajstić information content (AvgIpc) is 3.02. The van der Waals surface area contributed by atoms with Gasteiger partial charge in [0.25, 0.3) is 5.91 Å². The third-order valence-electron chi connectivity index (χ3n) is 5.03. The summed E-state index contributed by atoms with van der Waals surface area (Å²) >= 11 is 0. The van der Waals surface area contributed by atoms with Gasteiger partial charge < -0.3 is 10.2 Å². The monoisotopic (exact) mass is 377 g/mol. The van der Waals surface area contributed by atoms with E-state index < -0.39 is 6.04 Å². The first-order chi connectivity index (χ1) is 13.6. The van der Waals surface area contributed by atoms with E-state index in [1.165, 1.54) is 12.1 Å². The quantitative estimate of drug-likeness (QED) is 0.813. The molecule has 6 heteroatoms. The number of halogens is 1. The largest absolute Gasteiger partial charge is 0.329 e. The number of benzene rings is 2. The highest BCUT2D eigenvalue weighted by molar-refractivity contribution is 6.01. The van der Waals surface area contributed by atoms with E-state index in [2.05, 4.69) is 11.9 Å². The fraction of sp³-hybridized carbons (Fsp3) is 0.182. The van der Waals surface area contributed by atoms with Gasteiger partial charge in [-0.05, 0) is 23.3 Å². The molecule has 0 radical (unpaired) electrons. The number of urea groups is 1. The standard InChI is InChI=1S/C22H20FN3O2/c1-2-12-26-18-14-25(13-15-8-10-17(23)11-9-15)21(27)19(18)20(24-22(26)28)16-6-4-3-5-7-16/h2-11,20H,1,12-14H2,(H,24,28). The average molecular weight is 377 g/mol. The number of amides is 3. The van der Waals surface area contributed by atoms with Crippen LogP contribution in [0.5, 0.6) is 0 Å². The molecule has 2 aromatic carbocycles. The summed E-state index contributed by atoms with van der Waals surface area (Å²) in [6.07, 6.45) is 1.64. The molecule has 0 saturated heterocycles. The van der Waals surface area contributed by atoms with Crippen LogP contribution in [0.4, 0.5) is 9.18 Å². The summed E-state index contributed by atoms with van der Waals surface area (Å²) in [7, 11) is 0. The molecule has 1 unspecified atom stereocenters. The van der Waals surface area contributed by atoms with Crippen LogP contribution in [0.15, 0.2) is 78.5 Å². The van der Waals surface area contributed by atoms with E-state index in [9.17, 15) is 14.0 Å². The van der Waals surface area contributed by atoms with E-state index in [4.69, 9.17) is 0 Å². The number of carbonyl (C=O) groups excluding carboxylic acids is 2. The van der Waals surface area contributed by atoms with Crippen LogP contribution < -0.4 is 5.32 Å². The van der Waals surface area contributed by atoms with Crippen LogP contribution in [-0.4, -0.2) is 34.8 Å². The molecule has 0 aliphatic carbocycles. The number of hydrogen-bond donors (Lipinski definition) is 1. The minimum Gasteiger partial charge on any atom is -0.329 e. The predicted molar refractivity (Wildman–Crippen MR) is 103 cm³/mol. The van der Waals surface area contributed by atoms with Crippen LogP contribution in [0.2, 0.25) is 0 Å². The molecule has 2 aromatic rings. The number of nitrogens with zero attached hydrogens (tertiary/aromatic N) is 2. The number of nitrogens with one attached hydrogen (secondary N) is 1. The second-order valence-electron chi connectivity index (χ2n) is 6.84. The first-order valence-corrected chi connectivity index (χ1v) is 9.09. The van der Waals surface area contributed by atoms with Gasteiger partial charge in [-0.25, -0.2) is 9.18 Å². The van der Waals surface area contributed by atoms with Crippen LogP contribution >= 0.6 is 0 Å². The van der Waals surface area contributed by atoms with E-state index in [0.717, 1.165) is 11.1 Å². The van der Waals surface area contributed by atoms with Crippen molar-refractivity contribution in [2.45, 2.75) is 12.6 Å². The maximum absolute atomic E-state index is 13.2. The zero-order valence-electron chi connectivity index (χ0n) is 15.3. The van der Waals surface area contributed by atoms with E-state index in [1.807, 2.05) is 30.3 Å². The molecule has 0 aromatic heterocycles. The molecule has 1 atom stereocenters. The van der Waals surface area contributed by atoms with E-state index in [-0.39, 0.29) is 17.8 Å². The Morgan fingerprint density at radius 3 is 2.50 bits per heavy atom. The fourth-order valence-corrected chi connectivity index (χ4v) is 3.70. The Morgan fingerprint density at radius 1 is 1.11 bits per heavy atom. The SMILES string of the molecule is C=CCN1C(=O)NC(c2ccccc2)C2=C1CN(Cc1ccc(F)cc1)C2=O. The molecule has 2 heterocycles. The van der Waals surface area contributed by atoms with Crippen molar-refractivity contribution in [3.8, 4) is 0 Å². The molecule has 142 valence electrons. The molecule has 0 fully saturated rings. The van der Waals surface area contributed by atoms with E-state index >= 15 is 0 Å². The smallest absolute Gasteiger partial charge is 0.322 e. The highest BCUT2D eigenvalue weighted by Crippen LogP contribution is 2.36. The van der Waals surface area contributed by atoms with Gasteiger partial charge in [-0.1, -0.05) is 48.5 Å². The van der Waals surface area contributed by atoms with E-state index in [0.29, 0.717) is 30.9 Å². The minimum atomic E-state index is -0.490. The summed E-state index contributed by atoms with van der Waals surface area (Å²) in [5, 5.41) is 2.95. The summed E-state index contributed by atoms with van der Waals surface area (Å²) in [4.78, 5) is 29.2. The normalized spacial score (nSPS) is 19.0. The lowest BCUT2D eigenvalue weighted by Crippen LogP contribution is -2.47. The molecule has 4 rings (SSSR count). The van der Waals surface area contributed by atoms with Crippen LogP contribution in [0, 0.1) is 5.82 Å². The summed E-state index contributed by atoms with van der Waals surface area (Å²) in [5.41, 5.74) is 2.97. The van der Waals surface area contributed by atoms with Gasteiger partial charge in [0, 0.05) is 13.1 Å². The van der Waals surface area contributed by atoms with Gasteiger partial charge in [0.2, 0.25) is 0 Å². The third kappa shape index (κ3) is 3.17. The Kier molecular flexibility index (Phi) is 4.69. The molecule has 5 nitrogen and oxygen atoms in total. The lowest BCUT2D eigenvalue weighted by molar-refractivity contribution is -0.126. The molecular weight excluding hydrogens is 357 g/mol. The van der Waals surface area contributed by atoms with Gasteiger partial charge in [0.1, 0.15) is 5.82 Å². The molecule has 2 aliphatic heterocycles. The molecule has 3 amide bonds. The fourth-order valence-electron chi connectivity index (χ4n) is 3.70. The molecule has 0 bridgehead atoms. The first-order valence-electron chi connectivity index (χ1n) is 9.09. The van der Waals surface area contributed by atoms with Gasteiger partial charge in [0.05, 0.1) is 23.9 Å². The number of hydrogen-bond acceptors (Lipinski definition) is 2. The number of carbonyl (C=O) groups is 2. The van der Waals surface area contributed by atoms with Crippen molar-refractivity contribution in [2.24, 2.45) is 0 Å². The van der Waals surface area contributed by atoms with E-state index in [1.54, 1.807) is 28.0 Å². The zero-order chi connectivity index (χ0) is 19.7. The Morgan fingerprint density at radius 2 is 1.82 bits per heavy atom. The molecule has 28 heavy (non-hydrogen) atoms. The summed E-state index contributed by atoms with van der Waals surface area (Å²) in [6, 6.07) is 14.8. The van der Waals surface area contributed by atoms with Crippen molar-refractivity contribution < 1.29 is 14.0 Å². The van der Waals surface area contributed by atoms with Crippen molar-refractivity contribution in [1.29, 1.82) is 0 Å². The molecular formula is C22H20FN3O2. The summed E-state index contributed by atoms with van der Waals surface area (Å²) < 4.78 is 13.2. The highest BCUT2D eigenvalue weighted by atomic mass is 19.1. The topological polar surface area (TPSA) is 52.7 Å². The predicted octanol–water partition coefficient (Wildman–Crippen LogP) is 3.37. The Bertz CT molecular complexity index is 954. The van der Waals surface area contributed by atoms with Crippen molar-refractivity contribution in [3.05, 3.63) is 95.5 Å². The zero-order valence-corrected chi connectivity index (χ0v) is 15.3. The Hall–Kier alpha value is -3.41. The third-order valence-corrected chi connectivity index (χ3v) is 5.03. The van der Waals surface area contributed by atoms with Crippen molar-refractivity contribution in [1.82, 2.24) is 15.1 Å². The molecule has 0 spiro atoms. The van der Waals surface area contributed by atoms with Gasteiger partial charge in [-0.15, -0.1) is 6.58 Å². The van der Waals surface area contributed by atoms with Crippen molar-refractivity contribution in [3.63, 3.8) is 0 Å².